The predicted octanol–water partition coefficient (Wildman–Crippen LogP) is 3.22. The highest BCUT2D eigenvalue weighted by Crippen LogP contribution is 2.31. The SMILES string of the molecule is CCN1CCc2cc3ccccc3cc21. The molecular weight excluding hydrogens is 182 g/mol. The molecule has 2 aromatic rings. The molecule has 1 aliphatic rings. The Morgan fingerprint density at radius 2 is 1.87 bits per heavy atom. The van der Waals surface area contributed by atoms with Crippen LogP contribution in [0.3, 0.4) is 0 Å². The van der Waals surface area contributed by atoms with Crippen LogP contribution in [0.1, 0.15) is 12.5 Å². The smallest absolute Gasteiger partial charge is 0.0405 e. The summed E-state index contributed by atoms with van der Waals surface area (Å²) in [7, 11) is 0. The molecule has 1 nitrogen and oxygen atoms in total. The van der Waals surface area contributed by atoms with Gasteiger partial charge in [0.25, 0.3) is 0 Å². The summed E-state index contributed by atoms with van der Waals surface area (Å²) in [6, 6.07) is 13.3. The van der Waals surface area contributed by atoms with Crippen molar-refractivity contribution in [3.05, 3.63) is 42.0 Å². The van der Waals surface area contributed by atoms with Crippen molar-refractivity contribution in [2.75, 3.05) is 18.0 Å². The molecule has 15 heavy (non-hydrogen) atoms. The lowest BCUT2D eigenvalue weighted by atomic mass is 10.1. The molecule has 0 amide bonds. The van der Waals surface area contributed by atoms with Crippen molar-refractivity contribution in [2.45, 2.75) is 13.3 Å². The van der Waals surface area contributed by atoms with Crippen LogP contribution in [0.4, 0.5) is 5.69 Å². The monoisotopic (exact) mass is 197 g/mol. The minimum atomic E-state index is 1.12. The van der Waals surface area contributed by atoms with Crippen molar-refractivity contribution < 1.29 is 0 Å². The summed E-state index contributed by atoms with van der Waals surface area (Å²) in [5, 5.41) is 2.73. The van der Waals surface area contributed by atoms with Crippen LogP contribution in [0.15, 0.2) is 36.4 Å². The molecule has 0 bridgehead atoms. The molecule has 1 aliphatic heterocycles. The number of hydrogen-bond donors (Lipinski definition) is 0. The number of hydrogen-bond acceptors (Lipinski definition) is 1. The van der Waals surface area contributed by atoms with Crippen molar-refractivity contribution in [3.8, 4) is 0 Å². The molecule has 0 saturated heterocycles. The Hall–Kier alpha value is -1.50. The molecule has 1 heteroatoms. The summed E-state index contributed by atoms with van der Waals surface area (Å²) in [5.41, 5.74) is 2.95. The third-order valence-electron chi connectivity index (χ3n) is 3.32. The Morgan fingerprint density at radius 1 is 1.13 bits per heavy atom. The zero-order chi connectivity index (χ0) is 10.3. The first kappa shape index (κ1) is 8.78. The second kappa shape index (κ2) is 3.27. The Kier molecular flexibility index (Phi) is 1.91. The molecule has 0 fully saturated rings. The van der Waals surface area contributed by atoms with Gasteiger partial charge in [-0.2, -0.15) is 0 Å². The van der Waals surface area contributed by atoms with E-state index >= 15 is 0 Å². The average Bonchev–Trinajstić information content (AvgIpc) is 2.68. The Labute approximate surface area is 90.3 Å². The molecule has 0 unspecified atom stereocenters. The molecule has 2 aromatic carbocycles. The van der Waals surface area contributed by atoms with Crippen LogP contribution in [0.5, 0.6) is 0 Å². The van der Waals surface area contributed by atoms with Crippen LogP contribution in [0.2, 0.25) is 0 Å². The van der Waals surface area contributed by atoms with E-state index in [9.17, 15) is 0 Å². The van der Waals surface area contributed by atoms with Crippen molar-refractivity contribution in [1.29, 1.82) is 0 Å². The summed E-state index contributed by atoms with van der Waals surface area (Å²) in [4.78, 5) is 2.46. The summed E-state index contributed by atoms with van der Waals surface area (Å²) < 4.78 is 0. The van der Waals surface area contributed by atoms with Crippen molar-refractivity contribution in [2.24, 2.45) is 0 Å². The van der Waals surface area contributed by atoms with E-state index in [0.29, 0.717) is 0 Å². The van der Waals surface area contributed by atoms with Gasteiger partial charge in [0.1, 0.15) is 0 Å². The first-order chi connectivity index (χ1) is 7.38. The van der Waals surface area contributed by atoms with Gasteiger partial charge < -0.3 is 4.90 Å². The molecule has 1 heterocycles. The van der Waals surface area contributed by atoms with E-state index in [1.165, 1.54) is 35.0 Å². The number of likely N-dealkylation sites (N-methyl/N-ethyl adjacent to an activating group) is 1. The normalized spacial score (nSPS) is 14.6. The van der Waals surface area contributed by atoms with Gasteiger partial charge in [-0.1, -0.05) is 24.3 Å². The maximum absolute atomic E-state index is 2.46. The Morgan fingerprint density at radius 3 is 2.60 bits per heavy atom. The van der Waals surface area contributed by atoms with Crippen LogP contribution >= 0.6 is 0 Å². The standard InChI is InChI=1S/C14H15N/c1-2-15-8-7-13-9-11-5-3-4-6-12(11)10-14(13)15/h3-6,9-10H,2,7-8H2,1H3. The van der Waals surface area contributed by atoms with Gasteiger partial charge in [-0.05, 0) is 41.8 Å². The third kappa shape index (κ3) is 1.30. The molecule has 3 rings (SSSR count). The third-order valence-corrected chi connectivity index (χ3v) is 3.32. The number of nitrogens with zero attached hydrogens (tertiary/aromatic N) is 1. The van der Waals surface area contributed by atoms with E-state index in [2.05, 4.69) is 48.2 Å². The molecule has 0 radical (unpaired) electrons. The van der Waals surface area contributed by atoms with E-state index in [-0.39, 0.29) is 0 Å². The van der Waals surface area contributed by atoms with E-state index in [1.54, 1.807) is 0 Å². The van der Waals surface area contributed by atoms with E-state index in [4.69, 9.17) is 0 Å². The minimum Gasteiger partial charge on any atom is -0.371 e. The van der Waals surface area contributed by atoms with E-state index < -0.39 is 0 Å². The maximum atomic E-state index is 2.46. The summed E-state index contributed by atoms with van der Waals surface area (Å²) in [5.74, 6) is 0. The topological polar surface area (TPSA) is 3.24 Å². The van der Waals surface area contributed by atoms with E-state index in [1.807, 2.05) is 0 Å². The second-order valence-electron chi connectivity index (χ2n) is 4.16. The number of benzene rings is 2. The van der Waals surface area contributed by atoms with Gasteiger partial charge in [0.05, 0.1) is 0 Å². The van der Waals surface area contributed by atoms with Crippen LogP contribution in [0.25, 0.3) is 10.8 Å². The fourth-order valence-corrected chi connectivity index (χ4v) is 2.47. The van der Waals surface area contributed by atoms with E-state index in [0.717, 1.165) is 6.54 Å². The largest absolute Gasteiger partial charge is 0.371 e. The lowest BCUT2D eigenvalue weighted by Crippen LogP contribution is -2.18. The highest BCUT2D eigenvalue weighted by atomic mass is 15.1. The first-order valence-corrected chi connectivity index (χ1v) is 5.65. The Balaban J connectivity index is 2.23. The molecule has 0 saturated carbocycles. The fraction of sp³-hybridized carbons (Fsp3) is 0.286. The second-order valence-corrected chi connectivity index (χ2v) is 4.16. The summed E-state index contributed by atoms with van der Waals surface area (Å²) in [6.45, 7) is 4.53. The first-order valence-electron chi connectivity index (χ1n) is 5.65. The van der Waals surface area contributed by atoms with Crippen LogP contribution in [-0.2, 0) is 6.42 Å². The lowest BCUT2D eigenvalue weighted by molar-refractivity contribution is 0.868. The maximum Gasteiger partial charge on any atom is 0.0405 e. The summed E-state index contributed by atoms with van der Waals surface area (Å²) >= 11 is 0. The number of rotatable bonds is 1. The molecular formula is C14H15N. The molecule has 0 aliphatic carbocycles. The lowest BCUT2D eigenvalue weighted by Gasteiger charge is -2.16. The summed E-state index contributed by atoms with van der Waals surface area (Å²) in [6.07, 6.45) is 1.20. The van der Waals surface area contributed by atoms with Gasteiger partial charge >= 0.3 is 0 Å². The quantitative estimate of drug-likeness (QED) is 0.678. The van der Waals surface area contributed by atoms with Gasteiger partial charge in [0.15, 0.2) is 0 Å². The van der Waals surface area contributed by atoms with Gasteiger partial charge in [-0.3, -0.25) is 0 Å². The zero-order valence-corrected chi connectivity index (χ0v) is 9.03. The van der Waals surface area contributed by atoms with Gasteiger partial charge in [-0.25, -0.2) is 0 Å². The minimum absolute atomic E-state index is 1.12. The zero-order valence-electron chi connectivity index (χ0n) is 9.03. The molecule has 76 valence electrons. The van der Waals surface area contributed by atoms with Crippen molar-refractivity contribution >= 4 is 16.5 Å². The Bertz CT molecular complexity index is 502. The molecule has 0 N–H and O–H groups in total. The van der Waals surface area contributed by atoms with Crippen LogP contribution in [-0.4, -0.2) is 13.1 Å². The van der Waals surface area contributed by atoms with Crippen molar-refractivity contribution in [3.63, 3.8) is 0 Å². The van der Waals surface area contributed by atoms with Gasteiger partial charge in [0.2, 0.25) is 0 Å². The van der Waals surface area contributed by atoms with Crippen molar-refractivity contribution in [1.82, 2.24) is 0 Å². The number of fused-ring (bicyclic) bond motifs is 2. The molecule has 0 atom stereocenters. The molecule has 0 aromatic heterocycles. The number of anilines is 1. The van der Waals surface area contributed by atoms with Gasteiger partial charge in [-0.15, -0.1) is 0 Å². The van der Waals surface area contributed by atoms with Crippen LogP contribution in [0, 0.1) is 0 Å². The van der Waals surface area contributed by atoms with Crippen LogP contribution < -0.4 is 4.90 Å². The van der Waals surface area contributed by atoms with Gasteiger partial charge in [0, 0.05) is 18.8 Å². The average molecular weight is 197 g/mol. The highest BCUT2D eigenvalue weighted by Gasteiger charge is 2.17. The highest BCUT2D eigenvalue weighted by molar-refractivity contribution is 5.88. The predicted molar refractivity (Wildman–Crippen MR) is 65.5 cm³/mol. The fourth-order valence-electron chi connectivity index (χ4n) is 2.47. The molecule has 0 spiro atoms.